The molecule has 0 aromatic heterocycles. The predicted octanol–water partition coefficient (Wildman–Crippen LogP) is 5.15. The minimum absolute atomic E-state index is 0.0709. The molecule has 0 saturated heterocycles. The van der Waals surface area contributed by atoms with Gasteiger partial charge >= 0.3 is 12.1 Å². The van der Waals surface area contributed by atoms with Gasteiger partial charge in [-0.3, -0.25) is 0 Å². The summed E-state index contributed by atoms with van der Waals surface area (Å²) in [4.78, 5) is 24.4. The van der Waals surface area contributed by atoms with E-state index >= 15 is 0 Å². The van der Waals surface area contributed by atoms with Gasteiger partial charge in [-0.2, -0.15) is 0 Å². The Labute approximate surface area is 188 Å². The van der Waals surface area contributed by atoms with E-state index in [0.29, 0.717) is 0 Å². The number of hydrogen-bond donors (Lipinski definition) is 2. The van der Waals surface area contributed by atoms with Crippen molar-refractivity contribution in [2.45, 2.75) is 39.2 Å². The molecule has 2 N–H and O–H groups in total. The third kappa shape index (κ3) is 4.24. The van der Waals surface area contributed by atoms with E-state index in [1.165, 1.54) is 0 Å². The van der Waals surface area contributed by atoms with Gasteiger partial charge in [-0.25, -0.2) is 9.59 Å². The quantitative estimate of drug-likeness (QED) is 0.568. The molecule has 5 nitrogen and oxygen atoms in total. The summed E-state index contributed by atoms with van der Waals surface area (Å²) in [5.41, 5.74) is 8.67. The Morgan fingerprint density at radius 3 is 2.06 bits per heavy atom. The molecule has 32 heavy (non-hydrogen) atoms. The summed E-state index contributed by atoms with van der Waals surface area (Å²) >= 11 is 0. The van der Waals surface area contributed by atoms with Crippen molar-refractivity contribution in [2.75, 3.05) is 6.61 Å². The number of fused-ring (bicyclic) bond motifs is 3. The molecular weight excluding hydrogens is 402 g/mol. The highest BCUT2D eigenvalue weighted by molar-refractivity contribution is 5.81. The minimum atomic E-state index is -1.09. The van der Waals surface area contributed by atoms with Gasteiger partial charge in [-0.1, -0.05) is 60.7 Å². The van der Waals surface area contributed by atoms with Gasteiger partial charge in [0.25, 0.3) is 0 Å². The lowest BCUT2D eigenvalue weighted by atomic mass is 9.96. The Morgan fingerprint density at radius 2 is 1.47 bits per heavy atom. The Balaban J connectivity index is 1.45. The first-order valence-electron chi connectivity index (χ1n) is 10.8. The number of hydrogen-bond acceptors (Lipinski definition) is 3. The van der Waals surface area contributed by atoms with Crippen molar-refractivity contribution in [1.82, 2.24) is 5.32 Å². The van der Waals surface area contributed by atoms with E-state index in [0.717, 1.165) is 44.5 Å². The lowest BCUT2D eigenvalue weighted by Crippen LogP contribution is -2.43. The maximum Gasteiger partial charge on any atom is 0.407 e. The van der Waals surface area contributed by atoms with E-state index in [1.54, 1.807) is 0 Å². The van der Waals surface area contributed by atoms with E-state index in [1.807, 2.05) is 69.3 Å². The smallest absolute Gasteiger partial charge is 0.407 e. The van der Waals surface area contributed by atoms with Crippen LogP contribution in [0.4, 0.5) is 4.79 Å². The van der Waals surface area contributed by atoms with Crippen LogP contribution in [0.1, 0.15) is 39.3 Å². The molecule has 0 heterocycles. The number of ether oxygens (including phenoxy) is 1. The van der Waals surface area contributed by atoms with Crippen LogP contribution in [0.15, 0.2) is 60.7 Å². The number of carboxylic acid groups (broad SMARTS) is 1. The molecule has 1 amide bonds. The molecule has 1 aliphatic carbocycles. The van der Waals surface area contributed by atoms with Crippen molar-refractivity contribution in [1.29, 1.82) is 0 Å². The molecule has 0 fully saturated rings. The molecule has 0 saturated carbocycles. The molecule has 5 heteroatoms. The second kappa shape index (κ2) is 8.87. The molecule has 4 rings (SSSR count). The van der Waals surface area contributed by atoms with E-state index in [4.69, 9.17) is 4.74 Å². The molecule has 1 unspecified atom stereocenters. The fourth-order valence-electron chi connectivity index (χ4n) is 4.44. The fraction of sp³-hybridized carbons (Fsp3) is 0.259. The largest absolute Gasteiger partial charge is 0.480 e. The van der Waals surface area contributed by atoms with E-state index < -0.39 is 18.1 Å². The van der Waals surface area contributed by atoms with Gasteiger partial charge in [0.15, 0.2) is 0 Å². The fourth-order valence-corrected chi connectivity index (χ4v) is 4.44. The highest BCUT2D eigenvalue weighted by Crippen LogP contribution is 2.44. The third-order valence-electron chi connectivity index (χ3n) is 6.31. The maximum absolute atomic E-state index is 12.5. The first kappa shape index (κ1) is 21.6. The molecule has 3 aromatic rings. The third-order valence-corrected chi connectivity index (χ3v) is 6.31. The number of amides is 1. The van der Waals surface area contributed by atoms with Gasteiger partial charge in [0.1, 0.15) is 12.6 Å². The van der Waals surface area contributed by atoms with Crippen molar-refractivity contribution < 1.29 is 19.4 Å². The van der Waals surface area contributed by atoms with Crippen LogP contribution < -0.4 is 5.32 Å². The van der Waals surface area contributed by atoms with Gasteiger partial charge in [-0.15, -0.1) is 0 Å². The average molecular weight is 430 g/mol. The Kier molecular flexibility index (Phi) is 5.99. The molecule has 0 spiro atoms. The maximum atomic E-state index is 12.5. The second-order valence-electron chi connectivity index (χ2n) is 8.43. The molecule has 0 bridgehead atoms. The highest BCUT2D eigenvalue weighted by atomic mass is 16.5. The second-order valence-corrected chi connectivity index (χ2v) is 8.43. The number of nitrogens with one attached hydrogen (secondary N) is 1. The standard InChI is InChI=1S/C27H27NO4/c1-16-12-18(3)19(13-17(16)2)14-25(26(29)30)28-27(31)32-15-24-22-10-6-4-8-20(22)21-9-5-7-11-23(21)24/h4-13,24-25H,14-15H2,1-3H3,(H,28,31)(H,29,30). The van der Waals surface area contributed by atoms with Gasteiger partial charge in [0, 0.05) is 12.3 Å². The molecule has 0 radical (unpaired) electrons. The van der Waals surface area contributed by atoms with Crippen LogP contribution in [0.3, 0.4) is 0 Å². The van der Waals surface area contributed by atoms with Crippen molar-refractivity contribution in [2.24, 2.45) is 0 Å². The normalized spacial score (nSPS) is 13.2. The monoisotopic (exact) mass is 429 g/mol. The molecular formula is C27H27NO4. The molecule has 1 atom stereocenters. The number of aliphatic carboxylic acids is 1. The summed E-state index contributed by atoms with van der Waals surface area (Å²) < 4.78 is 5.52. The Hall–Kier alpha value is -3.60. The van der Waals surface area contributed by atoms with E-state index in [-0.39, 0.29) is 18.9 Å². The first-order chi connectivity index (χ1) is 15.3. The Bertz CT molecular complexity index is 1140. The van der Waals surface area contributed by atoms with Crippen molar-refractivity contribution in [3.05, 3.63) is 94.0 Å². The molecule has 0 aliphatic heterocycles. The minimum Gasteiger partial charge on any atom is -0.480 e. The number of carboxylic acids is 1. The van der Waals surface area contributed by atoms with E-state index in [2.05, 4.69) is 17.4 Å². The molecule has 1 aliphatic rings. The summed E-state index contributed by atoms with van der Waals surface area (Å²) in [6.45, 7) is 6.12. The van der Waals surface area contributed by atoms with Crippen LogP contribution in [-0.4, -0.2) is 29.8 Å². The van der Waals surface area contributed by atoms with Gasteiger partial charge < -0.3 is 15.2 Å². The van der Waals surface area contributed by atoms with Crippen molar-refractivity contribution in [3.8, 4) is 11.1 Å². The topological polar surface area (TPSA) is 75.6 Å². The van der Waals surface area contributed by atoms with Crippen LogP contribution in [0.2, 0.25) is 0 Å². The van der Waals surface area contributed by atoms with Gasteiger partial charge in [0.05, 0.1) is 0 Å². The lowest BCUT2D eigenvalue weighted by molar-refractivity contribution is -0.139. The lowest BCUT2D eigenvalue weighted by Gasteiger charge is -2.19. The van der Waals surface area contributed by atoms with Gasteiger partial charge in [0.2, 0.25) is 0 Å². The van der Waals surface area contributed by atoms with Crippen molar-refractivity contribution >= 4 is 12.1 Å². The zero-order valence-electron chi connectivity index (χ0n) is 18.5. The summed E-state index contributed by atoms with van der Waals surface area (Å²) in [7, 11) is 0. The van der Waals surface area contributed by atoms with Gasteiger partial charge in [-0.05, 0) is 65.3 Å². The average Bonchev–Trinajstić information content (AvgIpc) is 3.09. The number of aryl methyl sites for hydroxylation is 3. The molecule has 164 valence electrons. The van der Waals surface area contributed by atoms with Crippen LogP contribution in [0.5, 0.6) is 0 Å². The number of benzene rings is 3. The zero-order valence-corrected chi connectivity index (χ0v) is 18.5. The predicted molar refractivity (Wildman–Crippen MR) is 124 cm³/mol. The van der Waals surface area contributed by atoms with Crippen LogP contribution in [0, 0.1) is 20.8 Å². The van der Waals surface area contributed by atoms with Crippen LogP contribution in [0.25, 0.3) is 11.1 Å². The molecule has 3 aromatic carbocycles. The Morgan fingerprint density at radius 1 is 0.906 bits per heavy atom. The summed E-state index contributed by atoms with van der Waals surface area (Å²) in [5, 5.41) is 12.2. The number of rotatable bonds is 6. The number of carbonyl (C=O) groups is 2. The number of alkyl carbamates (subject to hydrolysis) is 1. The van der Waals surface area contributed by atoms with Crippen LogP contribution in [-0.2, 0) is 16.0 Å². The van der Waals surface area contributed by atoms with Crippen molar-refractivity contribution in [3.63, 3.8) is 0 Å². The zero-order chi connectivity index (χ0) is 22.8. The van der Waals surface area contributed by atoms with Crippen LogP contribution >= 0.6 is 0 Å². The number of carbonyl (C=O) groups excluding carboxylic acids is 1. The SMILES string of the molecule is Cc1cc(C)c(CC(NC(=O)OCC2c3ccccc3-c3ccccc32)C(=O)O)cc1C. The summed E-state index contributed by atoms with van der Waals surface area (Å²) in [5.74, 6) is -1.16. The first-order valence-corrected chi connectivity index (χ1v) is 10.8. The summed E-state index contributed by atoms with van der Waals surface area (Å²) in [6, 6.07) is 19.1. The van der Waals surface area contributed by atoms with E-state index in [9.17, 15) is 14.7 Å². The highest BCUT2D eigenvalue weighted by Gasteiger charge is 2.30. The summed E-state index contributed by atoms with van der Waals surface area (Å²) in [6.07, 6.45) is -0.521.